The molecule has 0 unspecified atom stereocenters. The number of piperazine rings is 2. The molecule has 0 saturated carbocycles. The van der Waals surface area contributed by atoms with Crippen molar-refractivity contribution in [3.63, 3.8) is 0 Å². The molecule has 0 aliphatic carbocycles. The van der Waals surface area contributed by atoms with Crippen LogP contribution in [0, 0.1) is 13.8 Å². The molecule has 1 aromatic heterocycles. The van der Waals surface area contributed by atoms with Crippen LogP contribution in [0.25, 0.3) is 21.7 Å². The van der Waals surface area contributed by atoms with E-state index in [1.165, 1.54) is 88.8 Å². The van der Waals surface area contributed by atoms with Crippen molar-refractivity contribution in [2.24, 2.45) is 0 Å². The van der Waals surface area contributed by atoms with Crippen LogP contribution < -0.4 is 0 Å². The molecule has 5 aromatic rings. The summed E-state index contributed by atoms with van der Waals surface area (Å²) >= 11 is 0. The number of fused-ring (bicyclic) bond motifs is 2. The van der Waals surface area contributed by atoms with Crippen LogP contribution in [0.3, 0.4) is 0 Å². The van der Waals surface area contributed by atoms with Gasteiger partial charge in [0.05, 0.1) is 0 Å². The first kappa shape index (κ1) is 32.6. The van der Waals surface area contributed by atoms with Crippen LogP contribution in [0.5, 0.6) is 0 Å². The van der Waals surface area contributed by atoms with Crippen LogP contribution in [0.1, 0.15) is 44.7 Å². The molecule has 2 saturated heterocycles. The number of amides is 1. The molecule has 2 aliphatic rings. The number of nitrogens with zero attached hydrogens (tertiary/aromatic N) is 5. The third kappa shape index (κ3) is 7.36. The Morgan fingerprint density at radius 3 is 2.17 bits per heavy atom. The number of likely N-dealkylation sites (N-methyl/N-ethyl adjacent to an activating group) is 1. The molecule has 2 fully saturated rings. The van der Waals surface area contributed by atoms with E-state index in [1.807, 2.05) is 17.0 Å². The maximum Gasteiger partial charge on any atom is 0.253 e. The van der Waals surface area contributed by atoms with Crippen LogP contribution in [0.15, 0.2) is 84.9 Å². The fourth-order valence-corrected chi connectivity index (χ4v) is 7.71. The highest BCUT2D eigenvalue weighted by atomic mass is 16.2. The van der Waals surface area contributed by atoms with Crippen molar-refractivity contribution in [2.45, 2.75) is 39.7 Å². The van der Waals surface area contributed by atoms with Gasteiger partial charge in [-0.1, -0.05) is 60.7 Å². The molecule has 250 valence electrons. The van der Waals surface area contributed by atoms with E-state index in [4.69, 9.17) is 0 Å². The summed E-state index contributed by atoms with van der Waals surface area (Å²) in [6.07, 6.45) is 3.04. The van der Waals surface area contributed by atoms with Crippen molar-refractivity contribution < 1.29 is 4.79 Å². The number of hydrogen-bond donors (Lipinski definition) is 0. The SMILES string of the molecule is Cc1c(C)n(CCCN2CCN(C)CC2)c2ccc(Cc3cccc(C(=O)N4CCN(CCc5ccc6ccccc6c5)CC4)c3)cc12. The van der Waals surface area contributed by atoms with E-state index in [0.29, 0.717) is 0 Å². The van der Waals surface area contributed by atoms with Crippen LogP contribution in [-0.2, 0) is 19.4 Å². The highest BCUT2D eigenvalue weighted by molar-refractivity contribution is 5.94. The minimum atomic E-state index is 0.154. The highest BCUT2D eigenvalue weighted by Gasteiger charge is 2.22. The number of aryl methyl sites for hydroxylation is 2. The Bertz CT molecular complexity index is 1880. The first-order valence-corrected chi connectivity index (χ1v) is 18.0. The van der Waals surface area contributed by atoms with Crippen molar-refractivity contribution in [3.8, 4) is 0 Å². The Morgan fingerprint density at radius 1 is 0.646 bits per heavy atom. The first-order chi connectivity index (χ1) is 23.4. The van der Waals surface area contributed by atoms with Gasteiger partial charge in [-0.25, -0.2) is 0 Å². The quantitative estimate of drug-likeness (QED) is 0.171. The molecule has 2 aliphatic heterocycles. The molecular weight excluding hydrogens is 590 g/mol. The van der Waals surface area contributed by atoms with E-state index >= 15 is 0 Å². The second kappa shape index (κ2) is 14.7. The molecule has 1 amide bonds. The van der Waals surface area contributed by atoms with Crippen molar-refractivity contribution in [1.29, 1.82) is 0 Å². The third-order valence-electron chi connectivity index (χ3n) is 10.9. The van der Waals surface area contributed by atoms with E-state index in [9.17, 15) is 4.79 Å². The van der Waals surface area contributed by atoms with Gasteiger partial charge < -0.3 is 19.3 Å². The van der Waals surface area contributed by atoms with Crippen LogP contribution in [0.4, 0.5) is 0 Å². The zero-order chi connectivity index (χ0) is 33.0. The fourth-order valence-electron chi connectivity index (χ4n) is 7.71. The molecule has 48 heavy (non-hydrogen) atoms. The summed E-state index contributed by atoms with van der Waals surface area (Å²) in [6.45, 7) is 15.9. The average Bonchev–Trinajstić information content (AvgIpc) is 3.35. The third-order valence-corrected chi connectivity index (χ3v) is 10.9. The lowest BCUT2D eigenvalue weighted by molar-refractivity contribution is 0.0638. The Balaban J connectivity index is 0.933. The summed E-state index contributed by atoms with van der Waals surface area (Å²) in [7, 11) is 2.22. The van der Waals surface area contributed by atoms with Gasteiger partial charge in [-0.2, -0.15) is 0 Å². The molecule has 0 spiro atoms. The van der Waals surface area contributed by atoms with Gasteiger partial charge in [0.25, 0.3) is 5.91 Å². The van der Waals surface area contributed by atoms with Gasteiger partial charge in [0, 0.05) is 87.6 Å². The van der Waals surface area contributed by atoms with Gasteiger partial charge in [0.2, 0.25) is 0 Å². The summed E-state index contributed by atoms with van der Waals surface area (Å²) in [4.78, 5) is 23.1. The maximum absolute atomic E-state index is 13.6. The molecule has 7 rings (SSSR count). The lowest BCUT2D eigenvalue weighted by Crippen LogP contribution is -2.49. The van der Waals surface area contributed by atoms with E-state index in [-0.39, 0.29) is 5.91 Å². The fraction of sp³-hybridized carbons (Fsp3) is 0.405. The number of aromatic nitrogens is 1. The predicted molar refractivity (Wildman–Crippen MR) is 199 cm³/mol. The molecule has 0 bridgehead atoms. The smallest absolute Gasteiger partial charge is 0.253 e. The molecule has 3 heterocycles. The molecule has 4 aromatic carbocycles. The van der Waals surface area contributed by atoms with E-state index in [1.54, 1.807) is 0 Å². The van der Waals surface area contributed by atoms with Crippen molar-refractivity contribution in [3.05, 3.63) is 118 Å². The summed E-state index contributed by atoms with van der Waals surface area (Å²) in [6, 6.07) is 30.6. The lowest BCUT2D eigenvalue weighted by atomic mass is 10.00. The van der Waals surface area contributed by atoms with Crippen LogP contribution in [-0.4, -0.2) is 103 Å². The van der Waals surface area contributed by atoms with Gasteiger partial charge in [0.15, 0.2) is 0 Å². The van der Waals surface area contributed by atoms with Crippen molar-refractivity contribution in [1.82, 2.24) is 24.2 Å². The van der Waals surface area contributed by atoms with E-state index in [2.05, 4.69) is 113 Å². The monoisotopic (exact) mass is 641 g/mol. The largest absolute Gasteiger partial charge is 0.345 e. The van der Waals surface area contributed by atoms with Gasteiger partial charge >= 0.3 is 0 Å². The van der Waals surface area contributed by atoms with Crippen LogP contribution in [0.2, 0.25) is 0 Å². The summed E-state index contributed by atoms with van der Waals surface area (Å²) in [5.74, 6) is 0.154. The molecular formula is C42H51N5O. The number of hydrogen-bond acceptors (Lipinski definition) is 4. The second-order valence-electron chi connectivity index (χ2n) is 14.2. The molecule has 6 nitrogen and oxygen atoms in total. The summed E-state index contributed by atoms with van der Waals surface area (Å²) < 4.78 is 2.52. The Labute approximate surface area is 286 Å². The molecule has 0 N–H and O–H groups in total. The lowest BCUT2D eigenvalue weighted by Gasteiger charge is -2.35. The maximum atomic E-state index is 13.6. The molecule has 0 atom stereocenters. The Morgan fingerprint density at radius 2 is 1.35 bits per heavy atom. The summed E-state index contributed by atoms with van der Waals surface area (Å²) in [5, 5.41) is 3.96. The topological polar surface area (TPSA) is 35.0 Å². The van der Waals surface area contributed by atoms with Gasteiger partial charge in [-0.3, -0.25) is 9.69 Å². The van der Waals surface area contributed by atoms with Crippen molar-refractivity contribution >= 4 is 27.6 Å². The summed E-state index contributed by atoms with van der Waals surface area (Å²) in [5.41, 5.74) is 8.76. The van der Waals surface area contributed by atoms with E-state index < -0.39 is 0 Å². The highest BCUT2D eigenvalue weighted by Crippen LogP contribution is 2.28. The number of rotatable bonds is 10. The second-order valence-corrected chi connectivity index (χ2v) is 14.2. The first-order valence-electron chi connectivity index (χ1n) is 18.0. The number of benzene rings is 4. The zero-order valence-corrected chi connectivity index (χ0v) is 29.1. The Kier molecular flexibility index (Phi) is 9.94. The van der Waals surface area contributed by atoms with Crippen LogP contribution >= 0.6 is 0 Å². The number of carbonyl (C=O) groups excluding carboxylic acids is 1. The van der Waals surface area contributed by atoms with Crippen molar-refractivity contribution in [2.75, 3.05) is 72.5 Å². The minimum absolute atomic E-state index is 0.154. The van der Waals surface area contributed by atoms with E-state index in [0.717, 1.165) is 57.7 Å². The van der Waals surface area contributed by atoms with Gasteiger partial charge in [-0.05, 0) is 104 Å². The number of carbonyl (C=O) groups is 1. The predicted octanol–water partition coefficient (Wildman–Crippen LogP) is 6.64. The normalized spacial score (nSPS) is 16.7. The Hall–Kier alpha value is -3.97. The van der Waals surface area contributed by atoms with Gasteiger partial charge in [0.1, 0.15) is 0 Å². The molecule has 0 radical (unpaired) electrons. The van der Waals surface area contributed by atoms with Gasteiger partial charge in [-0.15, -0.1) is 0 Å². The minimum Gasteiger partial charge on any atom is -0.345 e. The standard InChI is InChI=1S/C42H51N5O/c1-32-33(2)47(18-7-17-44-22-20-43(3)21-23-44)41-15-13-36(31-40(32)41)28-35-8-6-11-39(30-35)42(48)46-26-24-45(25-27-46)19-16-34-12-14-37-9-4-5-10-38(37)29-34/h4-6,8-15,29-31H,7,16-28H2,1-3H3. The molecule has 6 heteroatoms. The average molecular weight is 642 g/mol. The zero-order valence-electron chi connectivity index (χ0n) is 29.1.